The minimum Gasteiger partial charge on any atom is -0.294 e. The quantitative estimate of drug-likeness (QED) is 0.00962. The molecule has 84 heavy (non-hydrogen) atoms. The molecule has 0 aliphatic rings. The van der Waals surface area contributed by atoms with E-state index in [1.54, 1.807) is 0 Å². The van der Waals surface area contributed by atoms with Crippen molar-refractivity contribution in [2.75, 3.05) is 20.1 Å². The van der Waals surface area contributed by atoms with Crippen molar-refractivity contribution in [3.8, 4) is 0 Å². The van der Waals surface area contributed by atoms with Gasteiger partial charge >= 0.3 is 0 Å². The summed E-state index contributed by atoms with van der Waals surface area (Å²) in [4.78, 5) is 0. The number of benzene rings is 5. The van der Waals surface area contributed by atoms with Gasteiger partial charge in [-0.3, -0.25) is 4.48 Å². The van der Waals surface area contributed by atoms with Crippen LogP contribution in [0, 0.1) is 116 Å². The highest BCUT2D eigenvalue weighted by molar-refractivity contribution is 7.20. The van der Waals surface area contributed by atoms with Crippen LogP contribution in [0.4, 0.5) is 93.5 Å². The predicted octanol–water partition coefficient (Wildman–Crippen LogP) is 19.0. The Bertz CT molecular complexity index is 2550. The Hall–Kier alpha value is -5.28. The first kappa shape index (κ1) is 69.5. The van der Waals surface area contributed by atoms with E-state index < -0.39 is 144 Å². The van der Waals surface area contributed by atoms with Gasteiger partial charge < -0.3 is 0 Å². The lowest BCUT2D eigenvalue weighted by molar-refractivity contribution is 0.310. The van der Waals surface area contributed by atoms with Crippen LogP contribution in [0.3, 0.4) is 0 Å². The standard InChI is InChI=1S/C38H72N.C24BF20/c1-4-6-8-10-12-14-16-17-18-19-20-21-22-24-26-28-33-37-39(3,38-34-30-29-31-35-38)36-32-27-25-23-15-13-11-9-7-5-2;26-5-1(6(27)14(35)21(42)13(5)34)25(2-7(28)15(36)22(43)16(37)8(2)29,3-9(30)17(38)23(44)18(39)10(3)31)4-11(32)19(40)24(45)20(41)12(4)33/h29-31,34-35H,4-28,32-33,36-37H2,1-3H3;/q+1;-1/i3D;. The largest absolute Gasteiger partial charge is 0.294 e. The summed E-state index contributed by atoms with van der Waals surface area (Å²) in [7, 11) is 0.486. The highest BCUT2D eigenvalue weighted by atomic mass is 19.2. The summed E-state index contributed by atoms with van der Waals surface area (Å²) in [6, 6.07) is 11.0. The van der Waals surface area contributed by atoms with Gasteiger partial charge in [0.05, 0.1) is 21.5 Å². The average molecular weight is 1220 g/mol. The highest BCUT2D eigenvalue weighted by Crippen LogP contribution is 2.32. The van der Waals surface area contributed by atoms with Crippen LogP contribution >= 0.6 is 0 Å². The van der Waals surface area contributed by atoms with Crippen LogP contribution in [0.25, 0.3) is 0 Å². The molecule has 0 aliphatic carbocycles. The van der Waals surface area contributed by atoms with E-state index in [-0.39, 0.29) is 0 Å². The molecule has 1 unspecified atom stereocenters. The molecule has 0 bridgehead atoms. The second-order valence-corrected chi connectivity index (χ2v) is 21.6. The lowest BCUT2D eigenvalue weighted by atomic mass is 9.12. The minimum atomic E-state index is -7.22. The molecule has 0 aliphatic heterocycles. The Balaban J connectivity index is 0.000000368. The monoisotopic (exact) mass is 1220 g/mol. The molecule has 22 heteroatoms. The summed E-state index contributed by atoms with van der Waals surface area (Å²) in [5.74, 6) is -71.4. The van der Waals surface area contributed by atoms with Gasteiger partial charge in [-0.1, -0.05) is 180 Å². The van der Waals surface area contributed by atoms with Crippen molar-refractivity contribution in [2.24, 2.45) is 0 Å². The van der Waals surface area contributed by atoms with Crippen LogP contribution in [0.15, 0.2) is 30.3 Å². The smallest absolute Gasteiger partial charge is 0.200 e. The lowest BCUT2D eigenvalue weighted by Crippen LogP contribution is -2.81. The molecular formula is C62H72BF20N. The van der Waals surface area contributed by atoms with Crippen LogP contribution in [0.1, 0.15) is 189 Å². The van der Waals surface area contributed by atoms with E-state index in [0.717, 1.165) is 17.6 Å². The number of halogens is 20. The SMILES string of the molecule is Fc1c(F)c(F)c([B-](c2c(F)c(F)c(F)c(F)c2F)(c2c(F)c(F)c(F)c(F)c2F)c2c(F)c(F)c(F)c(F)c2F)c(F)c1F.[2H]C[N+](CCCCCCCCCCCC)(CCCCCCCCCCCCCCCCCCC)c1ccccc1. The van der Waals surface area contributed by atoms with E-state index in [9.17, 15) is 52.7 Å². The van der Waals surface area contributed by atoms with Gasteiger partial charge in [-0.05, 0) is 37.8 Å². The number of quaternary nitrogens is 1. The molecule has 5 aromatic carbocycles. The molecule has 0 saturated heterocycles. The van der Waals surface area contributed by atoms with Crippen LogP contribution in [0.5, 0.6) is 0 Å². The van der Waals surface area contributed by atoms with Crippen molar-refractivity contribution in [1.82, 2.24) is 4.48 Å². The number of nitrogens with zero attached hydrogens (tertiary/aromatic N) is 1. The van der Waals surface area contributed by atoms with Crippen LogP contribution in [0.2, 0.25) is 0 Å². The van der Waals surface area contributed by atoms with Gasteiger partial charge in [-0.25, -0.2) is 87.8 Å². The fourth-order valence-electron chi connectivity index (χ4n) is 11.0. The minimum absolute atomic E-state index is 0.486. The second-order valence-electron chi connectivity index (χ2n) is 21.6. The zero-order chi connectivity index (χ0) is 63.2. The molecule has 0 amide bonds. The summed E-state index contributed by atoms with van der Waals surface area (Å²) in [6.45, 7) is 6.88. The van der Waals surface area contributed by atoms with Crippen LogP contribution in [-0.4, -0.2) is 26.3 Å². The van der Waals surface area contributed by atoms with Gasteiger partial charge in [0, 0.05) is 0 Å². The molecule has 0 heterocycles. The Morgan fingerprint density at radius 1 is 0.262 bits per heavy atom. The van der Waals surface area contributed by atoms with Crippen LogP contribution in [-0.2, 0) is 0 Å². The van der Waals surface area contributed by atoms with Crippen molar-refractivity contribution in [2.45, 2.75) is 187 Å². The van der Waals surface area contributed by atoms with E-state index in [1.165, 1.54) is 179 Å². The van der Waals surface area contributed by atoms with E-state index in [0.29, 0.717) is 7.02 Å². The molecule has 0 N–H and O–H groups in total. The first-order valence-corrected chi connectivity index (χ1v) is 28.9. The van der Waals surface area contributed by atoms with Gasteiger partial charge in [0.1, 0.15) is 58.4 Å². The Kier molecular flexibility index (Phi) is 28.3. The van der Waals surface area contributed by atoms with E-state index in [2.05, 4.69) is 44.2 Å². The van der Waals surface area contributed by atoms with E-state index in [1.807, 2.05) is 0 Å². The van der Waals surface area contributed by atoms with Gasteiger partial charge in [0.15, 0.2) is 69.8 Å². The Labute approximate surface area is 480 Å². The maximum Gasteiger partial charge on any atom is 0.200 e. The predicted molar refractivity (Wildman–Crippen MR) is 289 cm³/mol. The lowest BCUT2D eigenvalue weighted by Gasteiger charge is -2.44. The summed E-state index contributed by atoms with van der Waals surface area (Å²) >= 11 is 0. The molecular weight excluding hydrogens is 1150 g/mol. The van der Waals surface area contributed by atoms with Gasteiger partial charge in [0.25, 0.3) is 0 Å². The van der Waals surface area contributed by atoms with Crippen molar-refractivity contribution < 1.29 is 89.2 Å². The van der Waals surface area contributed by atoms with Crippen molar-refractivity contribution in [3.05, 3.63) is 147 Å². The molecule has 1 nitrogen and oxygen atoms in total. The number of hydrogen-bond acceptors (Lipinski definition) is 0. The van der Waals surface area contributed by atoms with Crippen molar-refractivity contribution in [3.63, 3.8) is 0 Å². The molecule has 0 aromatic heterocycles. The summed E-state index contributed by atoms with van der Waals surface area (Å²) in [5.41, 5.74) is -13.0. The molecule has 1 atom stereocenters. The summed E-state index contributed by atoms with van der Waals surface area (Å²) < 4.78 is 303. The highest BCUT2D eigenvalue weighted by Gasteiger charge is 2.52. The maximum absolute atomic E-state index is 15.4. The maximum atomic E-state index is 15.4. The van der Waals surface area contributed by atoms with Gasteiger partial charge in [-0.2, -0.15) is 0 Å². The van der Waals surface area contributed by atoms with E-state index in [4.69, 9.17) is 1.37 Å². The molecule has 0 fully saturated rings. The topological polar surface area (TPSA) is 0 Å². The van der Waals surface area contributed by atoms with Crippen molar-refractivity contribution >= 4 is 33.7 Å². The van der Waals surface area contributed by atoms with Gasteiger partial charge in [-0.15, -0.1) is 21.9 Å². The zero-order valence-corrected chi connectivity index (χ0v) is 47.2. The molecule has 0 saturated carbocycles. The first-order valence-electron chi connectivity index (χ1n) is 29.6. The molecule has 5 aromatic rings. The fourth-order valence-corrected chi connectivity index (χ4v) is 11.0. The number of hydrogen-bond donors (Lipinski definition) is 0. The van der Waals surface area contributed by atoms with Crippen LogP contribution < -0.4 is 26.3 Å². The number of unbranched alkanes of at least 4 members (excludes halogenated alkanes) is 25. The van der Waals surface area contributed by atoms with Gasteiger partial charge in [0.2, 0.25) is 0 Å². The third kappa shape index (κ3) is 16.8. The Morgan fingerprint density at radius 3 is 0.631 bits per heavy atom. The fraction of sp³-hybridized carbons (Fsp3) is 0.516. The molecule has 5 rings (SSSR count). The van der Waals surface area contributed by atoms with Crippen molar-refractivity contribution in [1.29, 1.82) is 0 Å². The Morgan fingerprint density at radius 2 is 0.440 bits per heavy atom. The number of rotatable bonds is 34. The summed E-state index contributed by atoms with van der Waals surface area (Å²) in [6.07, 6.45) is 30.8. The molecule has 468 valence electrons. The molecule has 0 spiro atoms. The summed E-state index contributed by atoms with van der Waals surface area (Å²) in [5, 5.41) is 0. The third-order valence-electron chi connectivity index (χ3n) is 15.6. The third-order valence-corrected chi connectivity index (χ3v) is 15.6. The normalized spacial score (nSPS) is 12.7. The first-order chi connectivity index (χ1) is 40.5. The average Bonchev–Trinajstić information content (AvgIpc) is 0.959. The zero-order valence-electron chi connectivity index (χ0n) is 48.2. The second kappa shape index (κ2) is 34.2. The molecule has 0 radical (unpaired) electrons. The number of para-hydroxylation sites is 1. The van der Waals surface area contributed by atoms with E-state index >= 15 is 35.1 Å².